The molecule has 4 heteroatoms. The van der Waals surface area contributed by atoms with Gasteiger partial charge in [0.2, 0.25) is 0 Å². The Morgan fingerprint density at radius 2 is 1.59 bits per heavy atom. The lowest BCUT2D eigenvalue weighted by Gasteiger charge is -2.31. The van der Waals surface area contributed by atoms with Crippen molar-refractivity contribution in [3.63, 3.8) is 0 Å². The van der Waals surface area contributed by atoms with E-state index in [1.807, 2.05) is 54.6 Å². The zero-order chi connectivity index (χ0) is 20.1. The number of carbonyl (C=O) groups is 1. The molecule has 29 heavy (non-hydrogen) atoms. The summed E-state index contributed by atoms with van der Waals surface area (Å²) in [6, 6.07) is 25.3. The molecule has 0 saturated carbocycles. The van der Waals surface area contributed by atoms with Gasteiger partial charge in [-0.25, -0.2) is 0 Å². The second-order valence-corrected chi connectivity index (χ2v) is 7.92. The fraction of sp³-hybridized carbons (Fsp3) is 0.240. The van der Waals surface area contributed by atoms with E-state index in [9.17, 15) is 4.79 Å². The molecule has 4 rings (SSSR count). The fourth-order valence-corrected chi connectivity index (χ4v) is 3.92. The van der Waals surface area contributed by atoms with Crippen molar-refractivity contribution < 1.29 is 9.53 Å². The maximum absolute atomic E-state index is 12.7. The van der Waals surface area contributed by atoms with Gasteiger partial charge in [0.1, 0.15) is 11.5 Å². The first-order chi connectivity index (χ1) is 14.2. The van der Waals surface area contributed by atoms with Gasteiger partial charge in [-0.05, 0) is 80.0 Å². The number of benzene rings is 3. The van der Waals surface area contributed by atoms with E-state index in [2.05, 4.69) is 17.0 Å². The molecule has 0 N–H and O–H groups in total. The number of hydrogen-bond donors (Lipinski definition) is 0. The Morgan fingerprint density at radius 1 is 0.897 bits per heavy atom. The van der Waals surface area contributed by atoms with Crippen LogP contribution in [0.25, 0.3) is 0 Å². The van der Waals surface area contributed by atoms with Crippen molar-refractivity contribution in [2.45, 2.75) is 19.4 Å². The number of hydrogen-bond acceptors (Lipinski definition) is 3. The van der Waals surface area contributed by atoms with Gasteiger partial charge >= 0.3 is 0 Å². The molecule has 1 saturated heterocycles. The zero-order valence-corrected chi connectivity index (χ0v) is 17.0. The summed E-state index contributed by atoms with van der Waals surface area (Å²) >= 11 is 5.93. The third-order valence-electron chi connectivity index (χ3n) is 5.37. The smallest absolute Gasteiger partial charge is 0.166 e. The molecule has 0 aromatic heterocycles. The van der Waals surface area contributed by atoms with Crippen LogP contribution in [-0.2, 0) is 6.54 Å². The van der Waals surface area contributed by atoms with Gasteiger partial charge in [-0.15, -0.1) is 0 Å². The van der Waals surface area contributed by atoms with Crippen LogP contribution in [0.5, 0.6) is 11.5 Å². The molecule has 148 valence electrons. The highest BCUT2D eigenvalue weighted by Crippen LogP contribution is 2.26. The van der Waals surface area contributed by atoms with E-state index < -0.39 is 0 Å². The van der Waals surface area contributed by atoms with Crippen molar-refractivity contribution in [3.8, 4) is 11.5 Å². The molecule has 1 aliphatic rings. The van der Waals surface area contributed by atoms with Gasteiger partial charge < -0.3 is 4.74 Å². The lowest BCUT2D eigenvalue weighted by atomic mass is 9.89. The van der Waals surface area contributed by atoms with Crippen LogP contribution in [0.4, 0.5) is 0 Å². The van der Waals surface area contributed by atoms with Crippen LogP contribution in [0.2, 0.25) is 5.02 Å². The summed E-state index contributed by atoms with van der Waals surface area (Å²) in [6.45, 7) is 2.72. The molecule has 0 aliphatic carbocycles. The average molecular weight is 406 g/mol. The minimum Gasteiger partial charge on any atom is -0.457 e. The second kappa shape index (κ2) is 9.25. The van der Waals surface area contributed by atoms with Crippen LogP contribution in [0, 0.1) is 5.92 Å². The summed E-state index contributed by atoms with van der Waals surface area (Å²) in [6.07, 6.45) is 1.78. The van der Waals surface area contributed by atoms with Gasteiger partial charge in [0.15, 0.2) is 5.78 Å². The van der Waals surface area contributed by atoms with E-state index in [4.69, 9.17) is 16.3 Å². The molecule has 1 heterocycles. The van der Waals surface area contributed by atoms with Crippen LogP contribution in [0.1, 0.15) is 28.8 Å². The monoisotopic (exact) mass is 405 g/mol. The summed E-state index contributed by atoms with van der Waals surface area (Å²) < 4.78 is 5.94. The standard InChI is InChI=1S/C25H24ClNO2/c26-22-11-9-20(10-12-22)25(28)21-13-15-27(16-14-21)18-19-5-4-8-24(17-19)29-23-6-2-1-3-7-23/h1-12,17,21H,13-16,18H2. The van der Waals surface area contributed by atoms with Crippen molar-refractivity contribution in [1.82, 2.24) is 4.90 Å². The van der Waals surface area contributed by atoms with E-state index >= 15 is 0 Å². The van der Waals surface area contributed by atoms with Gasteiger partial charge in [0.25, 0.3) is 0 Å². The number of rotatable bonds is 6. The maximum atomic E-state index is 12.7. The van der Waals surface area contributed by atoms with Gasteiger partial charge in [-0.3, -0.25) is 9.69 Å². The first-order valence-electron chi connectivity index (χ1n) is 10.0. The highest BCUT2D eigenvalue weighted by atomic mass is 35.5. The van der Waals surface area contributed by atoms with Gasteiger partial charge in [0, 0.05) is 23.0 Å². The zero-order valence-electron chi connectivity index (χ0n) is 16.3. The van der Waals surface area contributed by atoms with E-state index in [1.165, 1.54) is 5.56 Å². The molecule has 1 aliphatic heterocycles. The Labute approximate surface area is 176 Å². The van der Waals surface area contributed by atoms with Crippen molar-refractivity contribution >= 4 is 17.4 Å². The Kier molecular flexibility index (Phi) is 6.28. The lowest BCUT2D eigenvalue weighted by molar-refractivity contribution is 0.0835. The van der Waals surface area contributed by atoms with Crippen molar-refractivity contribution in [3.05, 3.63) is 95.0 Å². The largest absolute Gasteiger partial charge is 0.457 e. The fourth-order valence-electron chi connectivity index (χ4n) is 3.79. The van der Waals surface area contributed by atoms with Crippen LogP contribution < -0.4 is 4.74 Å². The molecular formula is C25H24ClNO2. The number of likely N-dealkylation sites (tertiary alicyclic amines) is 1. The summed E-state index contributed by atoms with van der Waals surface area (Å²) in [5.41, 5.74) is 1.99. The second-order valence-electron chi connectivity index (χ2n) is 7.48. The number of Topliss-reactive ketones (excluding diaryl/α,β-unsaturated/α-hetero) is 1. The molecule has 3 aromatic carbocycles. The maximum Gasteiger partial charge on any atom is 0.166 e. The number of ether oxygens (including phenoxy) is 1. The molecular weight excluding hydrogens is 382 g/mol. The number of nitrogens with zero attached hydrogens (tertiary/aromatic N) is 1. The van der Waals surface area contributed by atoms with Gasteiger partial charge in [-0.2, -0.15) is 0 Å². The molecule has 0 amide bonds. The van der Waals surface area contributed by atoms with Crippen molar-refractivity contribution in [2.24, 2.45) is 5.92 Å². The number of para-hydroxylation sites is 1. The van der Waals surface area contributed by atoms with Crippen LogP contribution in [0.3, 0.4) is 0 Å². The first kappa shape index (κ1) is 19.7. The van der Waals surface area contributed by atoms with Gasteiger partial charge in [-0.1, -0.05) is 41.9 Å². The minimum absolute atomic E-state index is 0.0974. The van der Waals surface area contributed by atoms with E-state index in [1.54, 1.807) is 12.1 Å². The first-order valence-corrected chi connectivity index (χ1v) is 10.4. The van der Waals surface area contributed by atoms with Crippen molar-refractivity contribution in [2.75, 3.05) is 13.1 Å². The Morgan fingerprint density at radius 3 is 2.31 bits per heavy atom. The number of carbonyl (C=O) groups excluding carboxylic acids is 1. The number of piperidine rings is 1. The van der Waals surface area contributed by atoms with Crippen LogP contribution in [-0.4, -0.2) is 23.8 Å². The number of halogens is 1. The predicted molar refractivity (Wildman–Crippen MR) is 117 cm³/mol. The van der Waals surface area contributed by atoms with Crippen molar-refractivity contribution in [1.29, 1.82) is 0 Å². The van der Waals surface area contributed by atoms with Gasteiger partial charge in [0.05, 0.1) is 0 Å². The summed E-state index contributed by atoms with van der Waals surface area (Å²) in [5.74, 6) is 2.02. The summed E-state index contributed by atoms with van der Waals surface area (Å²) in [4.78, 5) is 15.1. The summed E-state index contributed by atoms with van der Waals surface area (Å²) in [7, 11) is 0. The third-order valence-corrected chi connectivity index (χ3v) is 5.62. The Hall–Kier alpha value is -2.62. The molecule has 0 unspecified atom stereocenters. The molecule has 0 radical (unpaired) electrons. The van der Waals surface area contributed by atoms with Crippen LogP contribution >= 0.6 is 11.6 Å². The average Bonchev–Trinajstić information content (AvgIpc) is 2.75. The molecule has 3 nitrogen and oxygen atoms in total. The molecule has 0 atom stereocenters. The van der Waals surface area contributed by atoms with Crippen LogP contribution in [0.15, 0.2) is 78.9 Å². The normalized spacial score (nSPS) is 15.2. The Bertz CT molecular complexity index is 948. The topological polar surface area (TPSA) is 29.5 Å². The van der Waals surface area contributed by atoms with E-state index in [0.717, 1.165) is 49.5 Å². The minimum atomic E-state index is 0.0974. The summed E-state index contributed by atoms with van der Waals surface area (Å²) in [5, 5.41) is 0.662. The quantitative estimate of drug-likeness (QED) is 0.455. The molecule has 0 spiro atoms. The predicted octanol–water partition coefficient (Wildman–Crippen LogP) is 6.23. The SMILES string of the molecule is O=C(c1ccc(Cl)cc1)C1CCN(Cc2cccc(Oc3ccccc3)c2)CC1. The molecule has 3 aromatic rings. The number of ketones is 1. The van der Waals surface area contributed by atoms with E-state index in [-0.39, 0.29) is 11.7 Å². The third kappa shape index (κ3) is 5.26. The molecule has 0 bridgehead atoms. The highest BCUT2D eigenvalue weighted by Gasteiger charge is 2.25. The molecule has 1 fully saturated rings. The lowest BCUT2D eigenvalue weighted by Crippen LogP contribution is -2.35. The van der Waals surface area contributed by atoms with E-state index in [0.29, 0.717) is 5.02 Å². The highest BCUT2D eigenvalue weighted by molar-refractivity contribution is 6.30. The Balaban J connectivity index is 1.32.